The van der Waals surface area contributed by atoms with Gasteiger partial charge in [-0.05, 0) is 62.1 Å². The number of hydrogen-bond acceptors (Lipinski definition) is 5. The van der Waals surface area contributed by atoms with Gasteiger partial charge in [-0.15, -0.1) is 0 Å². The van der Waals surface area contributed by atoms with Crippen molar-refractivity contribution < 1.29 is 9.66 Å². The van der Waals surface area contributed by atoms with Gasteiger partial charge in [0.15, 0.2) is 0 Å². The fourth-order valence-corrected chi connectivity index (χ4v) is 4.53. The molecular formula is C21H25N3O3. The first-order valence-electron chi connectivity index (χ1n) is 9.65. The van der Waals surface area contributed by atoms with Crippen LogP contribution in [0, 0.1) is 23.0 Å². The molecule has 4 rings (SSSR count). The van der Waals surface area contributed by atoms with Crippen LogP contribution >= 0.6 is 0 Å². The highest BCUT2D eigenvalue weighted by atomic mass is 16.6. The van der Waals surface area contributed by atoms with Crippen LogP contribution < -0.4 is 5.32 Å². The fourth-order valence-electron chi connectivity index (χ4n) is 4.53. The first-order chi connectivity index (χ1) is 13.1. The van der Waals surface area contributed by atoms with Crippen LogP contribution in [0.15, 0.2) is 36.5 Å². The van der Waals surface area contributed by atoms with E-state index in [-0.39, 0.29) is 16.2 Å². The summed E-state index contributed by atoms with van der Waals surface area (Å²) in [5.74, 6) is 0.842. The average molecular weight is 367 g/mol. The van der Waals surface area contributed by atoms with Gasteiger partial charge in [-0.1, -0.05) is 24.3 Å². The number of nitro groups is 1. The molecule has 2 aromatic rings. The van der Waals surface area contributed by atoms with E-state index in [9.17, 15) is 10.1 Å². The molecule has 0 bridgehead atoms. The summed E-state index contributed by atoms with van der Waals surface area (Å²) in [6.07, 6.45) is 6.69. The van der Waals surface area contributed by atoms with Crippen molar-refractivity contribution in [1.29, 1.82) is 0 Å². The minimum Gasteiger partial charge on any atom is -0.370 e. The number of hydrogen-bond donors (Lipinski definition) is 1. The average Bonchev–Trinajstić information content (AvgIpc) is 2.68. The minimum atomic E-state index is -0.354. The van der Waals surface area contributed by atoms with E-state index in [4.69, 9.17) is 4.74 Å². The Balaban J connectivity index is 1.42. The van der Waals surface area contributed by atoms with Crippen molar-refractivity contribution in [2.24, 2.45) is 5.92 Å². The number of aromatic nitrogens is 1. The molecule has 142 valence electrons. The maximum absolute atomic E-state index is 11.3. The second-order valence-electron chi connectivity index (χ2n) is 7.66. The predicted molar refractivity (Wildman–Crippen MR) is 104 cm³/mol. The van der Waals surface area contributed by atoms with Crippen molar-refractivity contribution in [3.05, 3.63) is 63.3 Å². The van der Waals surface area contributed by atoms with Gasteiger partial charge in [-0.25, -0.2) is 4.98 Å². The molecule has 2 aliphatic rings. The molecule has 27 heavy (non-hydrogen) atoms. The lowest BCUT2D eigenvalue weighted by Gasteiger charge is -2.44. The van der Waals surface area contributed by atoms with E-state index in [0.717, 1.165) is 38.7 Å². The highest BCUT2D eigenvalue weighted by Crippen LogP contribution is 2.46. The third-order valence-corrected chi connectivity index (χ3v) is 6.04. The highest BCUT2D eigenvalue weighted by Gasteiger charge is 2.41. The zero-order valence-electron chi connectivity index (χ0n) is 15.6. The van der Waals surface area contributed by atoms with Crippen LogP contribution in [0.5, 0.6) is 0 Å². The van der Waals surface area contributed by atoms with E-state index in [1.807, 2.05) is 0 Å². The third kappa shape index (κ3) is 3.41. The lowest BCUT2D eigenvalue weighted by Crippen LogP contribution is -2.40. The number of pyridine rings is 1. The largest absolute Gasteiger partial charge is 0.370 e. The maximum atomic E-state index is 11.3. The van der Waals surface area contributed by atoms with E-state index in [2.05, 4.69) is 34.6 Å². The zero-order valence-corrected chi connectivity index (χ0v) is 15.6. The Kier molecular flexibility index (Phi) is 4.83. The summed E-state index contributed by atoms with van der Waals surface area (Å²) in [6, 6.07) is 10.3. The number of fused-ring (bicyclic) bond motifs is 2. The molecule has 1 aliphatic carbocycles. The zero-order chi connectivity index (χ0) is 18.9. The lowest BCUT2D eigenvalue weighted by molar-refractivity contribution is -0.384. The molecule has 1 saturated carbocycles. The summed E-state index contributed by atoms with van der Waals surface area (Å²) in [6.45, 7) is 3.24. The molecule has 1 fully saturated rings. The van der Waals surface area contributed by atoms with E-state index in [1.165, 1.54) is 11.1 Å². The Morgan fingerprint density at radius 2 is 2.07 bits per heavy atom. The normalized spacial score (nSPS) is 24.4. The minimum absolute atomic E-state index is 0.0781. The standard InChI is InChI=1S/C21H25N3O3/c1-15-8-12-22-20(19(15)24(25)26)23-14-16-6-10-21(11-7-16)18-5-3-2-4-17(18)9-13-27-21/h2-5,8,12,16H,6-7,9-11,13-14H2,1H3,(H,22,23). The first kappa shape index (κ1) is 17.9. The molecule has 0 unspecified atom stereocenters. The highest BCUT2D eigenvalue weighted by molar-refractivity contribution is 5.59. The molecule has 0 amide bonds. The number of aryl methyl sites for hydroxylation is 1. The van der Waals surface area contributed by atoms with E-state index in [1.54, 1.807) is 19.2 Å². The molecule has 6 nitrogen and oxygen atoms in total. The number of nitrogens with zero attached hydrogens (tertiary/aromatic N) is 2. The second-order valence-corrected chi connectivity index (χ2v) is 7.66. The first-order valence-corrected chi connectivity index (χ1v) is 9.65. The van der Waals surface area contributed by atoms with Crippen LogP contribution in [0.1, 0.15) is 42.4 Å². The quantitative estimate of drug-likeness (QED) is 0.641. The summed E-state index contributed by atoms with van der Waals surface area (Å²) in [4.78, 5) is 15.1. The van der Waals surface area contributed by atoms with Crippen LogP contribution in [-0.4, -0.2) is 23.1 Å². The van der Waals surface area contributed by atoms with Gasteiger partial charge in [0.2, 0.25) is 5.82 Å². The molecule has 0 radical (unpaired) electrons. The van der Waals surface area contributed by atoms with Crippen molar-refractivity contribution in [2.75, 3.05) is 18.5 Å². The van der Waals surface area contributed by atoms with Gasteiger partial charge in [-0.3, -0.25) is 10.1 Å². The number of nitrogens with one attached hydrogen (secondary N) is 1. The van der Waals surface area contributed by atoms with Crippen molar-refractivity contribution in [2.45, 2.75) is 44.6 Å². The van der Waals surface area contributed by atoms with Crippen molar-refractivity contribution >= 4 is 11.5 Å². The van der Waals surface area contributed by atoms with Crippen LogP contribution in [0.4, 0.5) is 11.5 Å². The molecule has 6 heteroatoms. The maximum Gasteiger partial charge on any atom is 0.314 e. The van der Waals surface area contributed by atoms with Crippen molar-refractivity contribution in [3.8, 4) is 0 Å². The fraction of sp³-hybridized carbons (Fsp3) is 0.476. The number of rotatable bonds is 4. The smallest absolute Gasteiger partial charge is 0.314 e. The number of benzene rings is 1. The van der Waals surface area contributed by atoms with Crippen molar-refractivity contribution in [3.63, 3.8) is 0 Å². The molecule has 0 atom stereocenters. The van der Waals surface area contributed by atoms with Gasteiger partial charge in [0.05, 0.1) is 17.1 Å². The molecule has 2 heterocycles. The molecule has 1 aromatic heterocycles. The van der Waals surface area contributed by atoms with E-state index in [0.29, 0.717) is 23.8 Å². The van der Waals surface area contributed by atoms with Crippen LogP contribution in [0.3, 0.4) is 0 Å². The lowest BCUT2D eigenvalue weighted by atomic mass is 9.72. The Morgan fingerprint density at radius 1 is 1.30 bits per heavy atom. The van der Waals surface area contributed by atoms with Gasteiger partial charge in [0.25, 0.3) is 0 Å². The predicted octanol–water partition coefficient (Wildman–Crippen LogP) is 4.37. The summed E-state index contributed by atoms with van der Waals surface area (Å²) < 4.78 is 6.29. The van der Waals surface area contributed by atoms with Gasteiger partial charge in [0.1, 0.15) is 0 Å². The van der Waals surface area contributed by atoms with Gasteiger partial charge >= 0.3 is 5.69 Å². The molecular weight excluding hydrogens is 342 g/mol. The Hall–Kier alpha value is -2.47. The number of ether oxygens (including phenoxy) is 1. The van der Waals surface area contributed by atoms with E-state index >= 15 is 0 Å². The number of anilines is 1. The Labute approximate surface area is 159 Å². The molecule has 1 aliphatic heterocycles. The summed E-state index contributed by atoms with van der Waals surface area (Å²) in [7, 11) is 0. The molecule has 1 spiro atoms. The summed E-state index contributed by atoms with van der Waals surface area (Å²) in [5.41, 5.74) is 3.35. The Morgan fingerprint density at radius 3 is 2.85 bits per heavy atom. The topological polar surface area (TPSA) is 77.3 Å². The molecule has 1 N–H and O–H groups in total. The third-order valence-electron chi connectivity index (χ3n) is 6.04. The van der Waals surface area contributed by atoms with Crippen LogP contribution in [0.25, 0.3) is 0 Å². The monoisotopic (exact) mass is 367 g/mol. The summed E-state index contributed by atoms with van der Waals surface area (Å²) in [5, 5.41) is 14.5. The van der Waals surface area contributed by atoms with Crippen LogP contribution in [-0.2, 0) is 16.8 Å². The van der Waals surface area contributed by atoms with Gasteiger partial charge < -0.3 is 10.1 Å². The van der Waals surface area contributed by atoms with Crippen LogP contribution in [0.2, 0.25) is 0 Å². The summed E-state index contributed by atoms with van der Waals surface area (Å²) >= 11 is 0. The SMILES string of the molecule is Cc1ccnc(NCC2CCC3(CC2)OCCc2ccccc23)c1[N+](=O)[O-]. The van der Waals surface area contributed by atoms with E-state index < -0.39 is 0 Å². The van der Waals surface area contributed by atoms with Gasteiger partial charge in [-0.2, -0.15) is 0 Å². The molecule has 0 saturated heterocycles. The molecule has 1 aromatic carbocycles. The second kappa shape index (κ2) is 7.27. The Bertz CT molecular complexity index is 844. The van der Waals surface area contributed by atoms with Crippen molar-refractivity contribution in [1.82, 2.24) is 4.98 Å². The van der Waals surface area contributed by atoms with Gasteiger partial charge in [0, 0.05) is 18.3 Å².